The number of amides is 2. The topological polar surface area (TPSA) is 54.0 Å². The van der Waals surface area contributed by atoms with Gasteiger partial charge in [0.15, 0.2) is 5.13 Å². The number of anilines is 1. The van der Waals surface area contributed by atoms with Crippen molar-refractivity contribution < 1.29 is 18.0 Å². The van der Waals surface area contributed by atoms with Gasteiger partial charge in [0.25, 0.3) is 0 Å². The first-order chi connectivity index (χ1) is 6.47. The largest absolute Gasteiger partial charge is 0.405 e. The first-order valence-electron chi connectivity index (χ1n) is 3.48. The van der Waals surface area contributed by atoms with Gasteiger partial charge in [-0.3, -0.25) is 5.32 Å². The van der Waals surface area contributed by atoms with E-state index < -0.39 is 18.8 Å². The summed E-state index contributed by atoms with van der Waals surface area (Å²) in [7, 11) is 0. The minimum absolute atomic E-state index is 0.254. The number of hydrogen-bond donors (Lipinski definition) is 2. The van der Waals surface area contributed by atoms with Crippen LogP contribution in [0, 0.1) is 0 Å². The van der Waals surface area contributed by atoms with Crippen molar-refractivity contribution in [2.45, 2.75) is 6.18 Å². The summed E-state index contributed by atoms with van der Waals surface area (Å²) < 4.78 is 34.9. The average molecular weight is 225 g/mol. The van der Waals surface area contributed by atoms with Gasteiger partial charge in [-0.25, -0.2) is 9.78 Å². The SMILES string of the molecule is O=C(NCC(F)(F)F)Nc1nccs1. The highest BCUT2D eigenvalue weighted by Gasteiger charge is 2.27. The van der Waals surface area contributed by atoms with Crippen LogP contribution in [-0.4, -0.2) is 23.7 Å². The summed E-state index contributed by atoms with van der Waals surface area (Å²) in [6.07, 6.45) is -2.97. The second-order valence-electron chi connectivity index (χ2n) is 2.26. The van der Waals surface area contributed by atoms with Crippen LogP contribution >= 0.6 is 11.3 Å². The highest BCUT2D eigenvalue weighted by Crippen LogP contribution is 2.13. The summed E-state index contributed by atoms with van der Waals surface area (Å²) in [4.78, 5) is 14.5. The van der Waals surface area contributed by atoms with Crippen LogP contribution in [0.2, 0.25) is 0 Å². The standard InChI is InChI=1S/C6H6F3N3OS/c7-6(8,9)3-11-4(13)12-5-10-1-2-14-5/h1-2H,3H2,(H2,10,11,12,13). The van der Waals surface area contributed by atoms with E-state index in [4.69, 9.17) is 0 Å². The minimum atomic E-state index is -4.40. The van der Waals surface area contributed by atoms with E-state index in [9.17, 15) is 18.0 Å². The Balaban J connectivity index is 2.30. The first kappa shape index (κ1) is 10.8. The monoisotopic (exact) mass is 225 g/mol. The maximum Gasteiger partial charge on any atom is 0.405 e. The lowest BCUT2D eigenvalue weighted by atomic mass is 10.6. The van der Waals surface area contributed by atoms with Crippen LogP contribution in [0.4, 0.5) is 23.1 Å². The van der Waals surface area contributed by atoms with Crippen molar-refractivity contribution >= 4 is 22.5 Å². The zero-order valence-corrected chi connectivity index (χ0v) is 7.58. The summed E-state index contributed by atoms with van der Waals surface area (Å²) in [6, 6.07) is -0.919. The van der Waals surface area contributed by atoms with E-state index in [0.717, 1.165) is 11.3 Å². The van der Waals surface area contributed by atoms with Gasteiger partial charge in [-0.2, -0.15) is 13.2 Å². The normalized spacial score (nSPS) is 11.1. The molecule has 78 valence electrons. The molecule has 0 fully saturated rings. The molecule has 0 aliphatic rings. The van der Waals surface area contributed by atoms with Crippen LogP contribution in [0.15, 0.2) is 11.6 Å². The van der Waals surface area contributed by atoms with Crippen molar-refractivity contribution in [3.05, 3.63) is 11.6 Å². The third kappa shape index (κ3) is 4.08. The second kappa shape index (κ2) is 4.27. The lowest BCUT2D eigenvalue weighted by Crippen LogP contribution is -2.36. The highest BCUT2D eigenvalue weighted by molar-refractivity contribution is 7.13. The molecule has 1 aromatic heterocycles. The minimum Gasteiger partial charge on any atom is -0.329 e. The molecule has 0 aliphatic heterocycles. The summed E-state index contributed by atoms with van der Waals surface area (Å²) in [5, 5.41) is 5.66. The third-order valence-electron chi connectivity index (χ3n) is 1.10. The maximum atomic E-state index is 11.6. The Labute approximate surface area is 81.1 Å². The van der Waals surface area contributed by atoms with Gasteiger partial charge in [-0.1, -0.05) is 0 Å². The molecule has 2 amide bonds. The molecule has 4 nitrogen and oxygen atoms in total. The number of rotatable bonds is 2. The Kier molecular flexibility index (Phi) is 3.28. The summed E-state index contributed by atoms with van der Waals surface area (Å²) in [5.74, 6) is 0. The molecule has 0 aromatic carbocycles. The van der Waals surface area contributed by atoms with E-state index in [1.54, 1.807) is 10.7 Å². The van der Waals surface area contributed by atoms with Crippen molar-refractivity contribution in [2.24, 2.45) is 0 Å². The van der Waals surface area contributed by atoms with Crippen LogP contribution < -0.4 is 10.6 Å². The Morgan fingerprint density at radius 2 is 2.29 bits per heavy atom. The quantitative estimate of drug-likeness (QED) is 0.806. The smallest absolute Gasteiger partial charge is 0.329 e. The van der Waals surface area contributed by atoms with E-state index in [2.05, 4.69) is 10.3 Å². The molecule has 0 radical (unpaired) electrons. The van der Waals surface area contributed by atoms with Gasteiger partial charge in [0, 0.05) is 11.6 Å². The van der Waals surface area contributed by atoms with Crippen molar-refractivity contribution in [2.75, 3.05) is 11.9 Å². The molecule has 0 atom stereocenters. The Hall–Kier alpha value is -1.31. The summed E-state index contributed by atoms with van der Waals surface area (Å²) >= 11 is 1.12. The fraction of sp³-hybridized carbons (Fsp3) is 0.333. The van der Waals surface area contributed by atoms with E-state index in [-0.39, 0.29) is 5.13 Å². The number of carbonyl (C=O) groups excluding carboxylic acids is 1. The molecule has 0 saturated carbocycles. The summed E-state index contributed by atoms with van der Waals surface area (Å²) in [6.45, 7) is -1.36. The number of hydrogen-bond acceptors (Lipinski definition) is 3. The van der Waals surface area contributed by atoms with E-state index >= 15 is 0 Å². The molecule has 0 aliphatic carbocycles. The van der Waals surface area contributed by atoms with Crippen molar-refractivity contribution in [3.8, 4) is 0 Å². The molecule has 1 heterocycles. The fourth-order valence-corrected chi connectivity index (χ4v) is 1.13. The van der Waals surface area contributed by atoms with Crippen LogP contribution in [0.3, 0.4) is 0 Å². The van der Waals surface area contributed by atoms with Gasteiger partial charge < -0.3 is 5.32 Å². The lowest BCUT2D eigenvalue weighted by molar-refractivity contribution is -0.122. The summed E-state index contributed by atoms with van der Waals surface area (Å²) in [5.41, 5.74) is 0. The molecular weight excluding hydrogens is 219 g/mol. The van der Waals surface area contributed by atoms with Crippen molar-refractivity contribution in [3.63, 3.8) is 0 Å². The zero-order chi connectivity index (χ0) is 10.6. The number of thiazole rings is 1. The zero-order valence-electron chi connectivity index (χ0n) is 6.76. The Morgan fingerprint density at radius 1 is 1.57 bits per heavy atom. The molecule has 8 heteroatoms. The number of aromatic nitrogens is 1. The Bertz CT molecular complexity index is 298. The second-order valence-corrected chi connectivity index (χ2v) is 3.15. The van der Waals surface area contributed by atoms with Crippen LogP contribution in [-0.2, 0) is 0 Å². The number of nitrogens with zero attached hydrogens (tertiary/aromatic N) is 1. The average Bonchev–Trinajstić information content (AvgIpc) is 2.52. The molecular formula is C6H6F3N3OS. The van der Waals surface area contributed by atoms with Crippen LogP contribution in [0.1, 0.15) is 0 Å². The molecule has 1 rings (SSSR count). The lowest BCUT2D eigenvalue weighted by Gasteiger charge is -2.07. The van der Waals surface area contributed by atoms with Gasteiger partial charge in [0.2, 0.25) is 0 Å². The van der Waals surface area contributed by atoms with Crippen LogP contribution in [0.25, 0.3) is 0 Å². The molecule has 0 saturated heterocycles. The fourth-order valence-electron chi connectivity index (χ4n) is 0.607. The molecule has 2 N–H and O–H groups in total. The molecule has 14 heavy (non-hydrogen) atoms. The van der Waals surface area contributed by atoms with Crippen LogP contribution in [0.5, 0.6) is 0 Å². The molecule has 0 unspecified atom stereocenters. The first-order valence-corrected chi connectivity index (χ1v) is 4.36. The van der Waals surface area contributed by atoms with E-state index in [1.165, 1.54) is 6.20 Å². The van der Waals surface area contributed by atoms with Gasteiger partial charge in [-0.15, -0.1) is 11.3 Å². The van der Waals surface area contributed by atoms with Crippen molar-refractivity contribution in [1.82, 2.24) is 10.3 Å². The van der Waals surface area contributed by atoms with Gasteiger partial charge in [0.1, 0.15) is 6.54 Å². The maximum absolute atomic E-state index is 11.6. The third-order valence-corrected chi connectivity index (χ3v) is 1.79. The molecule has 0 spiro atoms. The van der Waals surface area contributed by atoms with E-state index in [0.29, 0.717) is 0 Å². The Morgan fingerprint density at radius 3 is 2.79 bits per heavy atom. The van der Waals surface area contributed by atoms with Gasteiger partial charge >= 0.3 is 12.2 Å². The molecule has 1 aromatic rings. The number of urea groups is 1. The number of alkyl halides is 3. The predicted molar refractivity (Wildman–Crippen MR) is 45.2 cm³/mol. The molecule has 0 bridgehead atoms. The van der Waals surface area contributed by atoms with Crippen molar-refractivity contribution in [1.29, 1.82) is 0 Å². The van der Waals surface area contributed by atoms with Gasteiger partial charge in [-0.05, 0) is 0 Å². The number of carbonyl (C=O) groups is 1. The number of halogens is 3. The predicted octanol–water partition coefficient (Wildman–Crippen LogP) is 1.83. The highest BCUT2D eigenvalue weighted by atomic mass is 32.1. The van der Waals surface area contributed by atoms with E-state index in [1.807, 2.05) is 0 Å². The van der Waals surface area contributed by atoms with Gasteiger partial charge in [0.05, 0.1) is 0 Å². The number of nitrogens with one attached hydrogen (secondary N) is 2.